The van der Waals surface area contributed by atoms with Crippen LogP contribution in [0.4, 0.5) is 5.82 Å². The summed E-state index contributed by atoms with van der Waals surface area (Å²) in [4.78, 5) is 10.8. The van der Waals surface area contributed by atoms with Crippen LogP contribution in [0.3, 0.4) is 0 Å². The number of aromatic carboxylic acids is 1. The monoisotopic (exact) mass is 204 g/mol. The van der Waals surface area contributed by atoms with E-state index in [0.717, 1.165) is 16.7 Å². The van der Waals surface area contributed by atoms with Gasteiger partial charge < -0.3 is 15.0 Å². The third-order valence-corrected chi connectivity index (χ3v) is 2.55. The lowest BCUT2D eigenvalue weighted by Crippen LogP contribution is -1.97. The van der Waals surface area contributed by atoms with Crippen molar-refractivity contribution in [3.8, 4) is 0 Å². The Kier molecular flexibility index (Phi) is 2.11. The molecule has 0 fully saturated rings. The van der Waals surface area contributed by atoms with E-state index in [4.69, 9.17) is 5.11 Å². The minimum absolute atomic E-state index is 0.316. The molecule has 0 radical (unpaired) electrons. The molecule has 1 aromatic heterocycles. The normalized spacial score (nSPS) is 10.5. The van der Waals surface area contributed by atoms with Crippen molar-refractivity contribution in [3.05, 3.63) is 29.8 Å². The molecule has 1 heterocycles. The van der Waals surface area contributed by atoms with Gasteiger partial charge in [-0.15, -0.1) is 0 Å². The van der Waals surface area contributed by atoms with Crippen molar-refractivity contribution in [1.29, 1.82) is 0 Å². The van der Waals surface area contributed by atoms with Crippen LogP contribution < -0.4 is 5.32 Å². The van der Waals surface area contributed by atoms with Crippen molar-refractivity contribution < 1.29 is 9.90 Å². The van der Waals surface area contributed by atoms with Crippen LogP contribution >= 0.6 is 0 Å². The van der Waals surface area contributed by atoms with Crippen LogP contribution in [0.1, 0.15) is 10.4 Å². The summed E-state index contributed by atoms with van der Waals surface area (Å²) in [5, 5.41) is 12.8. The smallest absolute Gasteiger partial charge is 0.335 e. The summed E-state index contributed by atoms with van der Waals surface area (Å²) in [6.45, 7) is 0. The summed E-state index contributed by atoms with van der Waals surface area (Å²) in [6, 6.07) is 7.05. The summed E-state index contributed by atoms with van der Waals surface area (Å²) in [5.41, 5.74) is 1.33. The number of anilines is 1. The molecule has 0 aliphatic heterocycles. The van der Waals surface area contributed by atoms with E-state index in [1.807, 2.05) is 30.8 Å². The average molecular weight is 204 g/mol. The van der Waals surface area contributed by atoms with Crippen molar-refractivity contribution in [1.82, 2.24) is 4.57 Å². The predicted octanol–water partition coefficient (Wildman–Crippen LogP) is 1.92. The third kappa shape index (κ3) is 1.44. The van der Waals surface area contributed by atoms with Crippen LogP contribution in [-0.4, -0.2) is 22.7 Å². The highest BCUT2D eigenvalue weighted by atomic mass is 16.4. The number of aromatic nitrogens is 1. The van der Waals surface area contributed by atoms with Gasteiger partial charge in [0.15, 0.2) is 0 Å². The Bertz CT molecular complexity index is 529. The highest BCUT2D eigenvalue weighted by Gasteiger charge is 2.07. The molecule has 2 N–H and O–H groups in total. The van der Waals surface area contributed by atoms with Gasteiger partial charge in [0, 0.05) is 25.0 Å². The first kappa shape index (κ1) is 9.58. The van der Waals surface area contributed by atoms with Crippen LogP contribution in [-0.2, 0) is 7.05 Å². The number of nitrogens with one attached hydrogen (secondary N) is 1. The topological polar surface area (TPSA) is 54.3 Å². The van der Waals surface area contributed by atoms with E-state index >= 15 is 0 Å². The number of hydrogen-bond acceptors (Lipinski definition) is 2. The quantitative estimate of drug-likeness (QED) is 0.785. The Hall–Kier alpha value is -1.97. The van der Waals surface area contributed by atoms with Crippen LogP contribution in [0, 0.1) is 0 Å². The fourth-order valence-corrected chi connectivity index (χ4v) is 1.72. The SMILES string of the molecule is CNc1cc2cc(C(=O)O)ccc2n1C. The maximum atomic E-state index is 10.8. The molecular formula is C11H12N2O2. The molecule has 0 saturated heterocycles. The summed E-state index contributed by atoms with van der Waals surface area (Å²) in [5.74, 6) is 0.0688. The Labute approximate surface area is 87.1 Å². The lowest BCUT2D eigenvalue weighted by Gasteiger charge is -2.01. The summed E-state index contributed by atoms with van der Waals surface area (Å²) in [7, 11) is 3.78. The van der Waals surface area contributed by atoms with Gasteiger partial charge in [-0.05, 0) is 24.3 Å². The average Bonchev–Trinajstić information content (AvgIpc) is 2.55. The zero-order valence-electron chi connectivity index (χ0n) is 8.61. The molecule has 0 atom stereocenters. The number of hydrogen-bond donors (Lipinski definition) is 2. The van der Waals surface area contributed by atoms with Gasteiger partial charge in [-0.25, -0.2) is 4.79 Å². The van der Waals surface area contributed by atoms with Crippen LogP contribution in [0.2, 0.25) is 0 Å². The van der Waals surface area contributed by atoms with E-state index in [-0.39, 0.29) is 0 Å². The summed E-state index contributed by atoms with van der Waals surface area (Å²) < 4.78 is 1.99. The van der Waals surface area contributed by atoms with E-state index in [1.54, 1.807) is 12.1 Å². The van der Waals surface area contributed by atoms with Gasteiger partial charge in [0.05, 0.1) is 5.56 Å². The van der Waals surface area contributed by atoms with Crippen molar-refractivity contribution in [2.45, 2.75) is 0 Å². The van der Waals surface area contributed by atoms with Gasteiger partial charge >= 0.3 is 5.97 Å². The van der Waals surface area contributed by atoms with Gasteiger partial charge in [0.25, 0.3) is 0 Å². The van der Waals surface area contributed by atoms with Crippen LogP contribution in [0.5, 0.6) is 0 Å². The third-order valence-electron chi connectivity index (χ3n) is 2.55. The molecule has 0 aliphatic carbocycles. The first-order chi connectivity index (χ1) is 7.13. The van der Waals surface area contributed by atoms with E-state index in [1.165, 1.54) is 0 Å². The number of nitrogens with zero attached hydrogens (tertiary/aromatic N) is 1. The molecule has 0 amide bonds. The standard InChI is InChI=1S/C11H12N2O2/c1-12-10-6-8-5-7(11(14)15)3-4-9(8)13(10)2/h3-6,12H,1-2H3,(H,14,15). The number of carboxylic acids is 1. The van der Waals surface area contributed by atoms with E-state index in [0.29, 0.717) is 5.56 Å². The molecule has 1 aromatic carbocycles. The molecule has 2 rings (SSSR count). The number of carbonyl (C=O) groups is 1. The maximum Gasteiger partial charge on any atom is 0.335 e. The molecule has 0 saturated carbocycles. The van der Waals surface area contributed by atoms with Crippen LogP contribution in [0.25, 0.3) is 10.9 Å². The highest BCUT2D eigenvalue weighted by Crippen LogP contribution is 2.23. The second kappa shape index (κ2) is 3.31. The lowest BCUT2D eigenvalue weighted by molar-refractivity contribution is 0.0697. The molecular weight excluding hydrogens is 192 g/mol. The Balaban J connectivity index is 2.68. The number of fused-ring (bicyclic) bond motifs is 1. The van der Waals surface area contributed by atoms with Crippen LogP contribution in [0.15, 0.2) is 24.3 Å². The molecule has 0 spiro atoms. The maximum absolute atomic E-state index is 10.8. The van der Waals surface area contributed by atoms with Crippen molar-refractivity contribution in [3.63, 3.8) is 0 Å². The Morgan fingerprint density at radius 1 is 1.40 bits per heavy atom. The number of carboxylic acid groups (broad SMARTS) is 1. The van der Waals surface area contributed by atoms with Gasteiger partial charge in [-0.3, -0.25) is 0 Å². The minimum atomic E-state index is -0.897. The first-order valence-corrected chi connectivity index (χ1v) is 4.64. The zero-order valence-corrected chi connectivity index (χ0v) is 8.61. The van der Waals surface area contributed by atoms with Gasteiger partial charge in [0.2, 0.25) is 0 Å². The summed E-state index contributed by atoms with van der Waals surface area (Å²) in [6.07, 6.45) is 0. The molecule has 4 nitrogen and oxygen atoms in total. The number of benzene rings is 1. The van der Waals surface area contributed by atoms with Gasteiger partial charge in [-0.1, -0.05) is 0 Å². The second-order valence-electron chi connectivity index (χ2n) is 3.42. The fourth-order valence-electron chi connectivity index (χ4n) is 1.72. The number of rotatable bonds is 2. The van der Waals surface area contributed by atoms with E-state index in [9.17, 15) is 4.79 Å². The molecule has 4 heteroatoms. The molecule has 0 unspecified atom stereocenters. The van der Waals surface area contributed by atoms with E-state index in [2.05, 4.69) is 5.32 Å². The minimum Gasteiger partial charge on any atom is -0.478 e. The van der Waals surface area contributed by atoms with Crippen molar-refractivity contribution >= 4 is 22.7 Å². The molecule has 15 heavy (non-hydrogen) atoms. The molecule has 0 bridgehead atoms. The summed E-state index contributed by atoms with van der Waals surface area (Å²) >= 11 is 0. The second-order valence-corrected chi connectivity index (χ2v) is 3.42. The molecule has 78 valence electrons. The van der Waals surface area contributed by atoms with Crippen molar-refractivity contribution in [2.75, 3.05) is 12.4 Å². The first-order valence-electron chi connectivity index (χ1n) is 4.64. The molecule has 0 aliphatic rings. The largest absolute Gasteiger partial charge is 0.478 e. The fraction of sp³-hybridized carbons (Fsp3) is 0.182. The van der Waals surface area contributed by atoms with Gasteiger partial charge in [0.1, 0.15) is 5.82 Å². The highest BCUT2D eigenvalue weighted by molar-refractivity contribution is 5.95. The zero-order chi connectivity index (χ0) is 11.0. The molecule has 2 aromatic rings. The Morgan fingerprint density at radius 2 is 2.13 bits per heavy atom. The number of aryl methyl sites for hydroxylation is 1. The van der Waals surface area contributed by atoms with Crippen molar-refractivity contribution in [2.24, 2.45) is 7.05 Å². The van der Waals surface area contributed by atoms with Gasteiger partial charge in [-0.2, -0.15) is 0 Å². The predicted molar refractivity (Wildman–Crippen MR) is 59.4 cm³/mol. The Morgan fingerprint density at radius 3 is 2.73 bits per heavy atom. The van der Waals surface area contributed by atoms with E-state index < -0.39 is 5.97 Å². The lowest BCUT2D eigenvalue weighted by atomic mass is 10.1.